The summed E-state index contributed by atoms with van der Waals surface area (Å²) in [7, 11) is 0. The minimum Gasteiger partial charge on any atom is -0.407 e. The lowest BCUT2D eigenvalue weighted by molar-refractivity contribution is 0.476. The van der Waals surface area contributed by atoms with Crippen LogP contribution in [0.5, 0.6) is 0 Å². The summed E-state index contributed by atoms with van der Waals surface area (Å²) in [5, 5.41) is 14.4. The number of hydrogen-bond acceptors (Lipinski definition) is 6. The van der Waals surface area contributed by atoms with Crippen LogP contribution >= 0.6 is 27.3 Å². The predicted octanol–water partition coefficient (Wildman–Crippen LogP) is 2.76. The quantitative estimate of drug-likeness (QED) is 0.853. The molecule has 5 nitrogen and oxygen atoms in total. The van der Waals surface area contributed by atoms with Gasteiger partial charge < -0.3 is 15.1 Å². The average Bonchev–Trinajstić information content (AvgIpc) is 2.93. The van der Waals surface area contributed by atoms with Crippen molar-refractivity contribution in [2.24, 2.45) is 0 Å². The molecule has 2 heterocycles. The first-order valence-corrected chi connectivity index (χ1v) is 7.44. The Hall–Kier alpha value is -0.920. The first-order valence-electron chi connectivity index (χ1n) is 5.83. The van der Waals surface area contributed by atoms with E-state index >= 15 is 0 Å². The normalized spacial score (nSPS) is 14.9. The first-order chi connectivity index (χ1) is 8.79. The van der Waals surface area contributed by atoms with E-state index in [0.717, 1.165) is 3.79 Å². The van der Waals surface area contributed by atoms with Crippen LogP contribution in [0.2, 0.25) is 0 Å². The molecule has 2 aromatic heterocycles. The van der Waals surface area contributed by atoms with Gasteiger partial charge in [-0.25, -0.2) is 0 Å². The average molecular weight is 329 g/mol. The van der Waals surface area contributed by atoms with E-state index in [0.29, 0.717) is 31.0 Å². The van der Waals surface area contributed by atoms with Gasteiger partial charge in [-0.3, -0.25) is 0 Å². The van der Waals surface area contributed by atoms with Crippen LogP contribution in [-0.4, -0.2) is 16.2 Å². The molecule has 1 saturated carbocycles. The van der Waals surface area contributed by atoms with E-state index in [4.69, 9.17) is 4.42 Å². The van der Waals surface area contributed by atoms with Gasteiger partial charge in [0.05, 0.1) is 16.9 Å². The lowest BCUT2D eigenvalue weighted by atomic mass is 10.5. The van der Waals surface area contributed by atoms with Crippen molar-refractivity contribution in [1.29, 1.82) is 0 Å². The summed E-state index contributed by atoms with van der Waals surface area (Å²) in [5.41, 5.74) is 0. The topological polar surface area (TPSA) is 63.0 Å². The lowest BCUT2D eigenvalue weighted by Gasteiger charge is -1.98. The van der Waals surface area contributed by atoms with Crippen molar-refractivity contribution in [2.75, 3.05) is 5.32 Å². The van der Waals surface area contributed by atoms with Crippen molar-refractivity contribution in [1.82, 2.24) is 15.5 Å². The highest BCUT2D eigenvalue weighted by Crippen LogP contribution is 2.23. The fourth-order valence-corrected chi connectivity index (χ4v) is 2.95. The molecular formula is C11H13BrN4OS. The van der Waals surface area contributed by atoms with E-state index < -0.39 is 0 Å². The van der Waals surface area contributed by atoms with Crippen LogP contribution in [0.4, 0.5) is 6.01 Å². The van der Waals surface area contributed by atoms with Crippen molar-refractivity contribution in [3.05, 3.63) is 26.7 Å². The maximum atomic E-state index is 5.49. The van der Waals surface area contributed by atoms with Crippen molar-refractivity contribution < 1.29 is 4.42 Å². The zero-order chi connectivity index (χ0) is 12.4. The highest BCUT2D eigenvalue weighted by atomic mass is 79.9. The predicted molar refractivity (Wildman–Crippen MR) is 73.5 cm³/mol. The smallest absolute Gasteiger partial charge is 0.315 e. The number of nitrogens with one attached hydrogen (secondary N) is 2. The molecule has 2 aromatic rings. The summed E-state index contributed by atoms with van der Waals surface area (Å²) >= 11 is 5.12. The van der Waals surface area contributed by atoms with Crippen LogP contribution in [0.1, 0.15) is 23.6 Å². The second-order valence-electron chi connectivity index (χ2n) is 4.22. The summed E-state index contributed by atoms with van der Waals surface area (Å²) in [6.07, 6.45) is 2.51. The summed E-state index contributed by atoms with van der Waals surface area (Å²) in [6.45, 7) is 1.36. The molecule has 0 aliphatic heterocycles. The van der Waals surface area contributed by atoms with Crippen LogP contribution < -0.4 is 10.6 Å². The Morgan fingerprint density at radius 1 is 1.33 bits per heavy atom. The van der Waals surface area contributed by atoms with E-state index in [9.17, 15) is 0 Å². The van der Waals surface area contributed by atoms with Gasteiger partial charge in [-0.05, 0) is 40.9 Å². The summed E-state index contributed by atoms with van der Waals surface area (Å²) in [5.74, 6) is 0.636. The second kappa shape index (κ2) is 5.38. The molecular weight excluding hydrogens is 316 g/mol. The van der Waals surface area contributed by atoms with E-state index in [1.807, 2.05) is 6.07 Å². The zero-order valence-electron chi connectivity index (χ0n) is 9.65. The molecule has 0 aromatic carbocycles. The monoisotopic (exact) mass is 328 g/mol. The van der Waals surface area contributed by atoms with Gasteiger partial charge >= 0.3 is 6.01 Å². The number of anilines is 1. The molecule has 18 heavy (non-hydrogen) atoms. The Labute approximate surface area is 117 Å². The Balaban J connectivity index is 1.49. The largest absolute Gasteiger partial charge is 0.407 e. The lowest BCUT2D eigenvalue weighted by Crippen LogP contribution is -2.15. The Kier molecular flexibility index (Phi) is 3.62. The molecule has 7 heteroatoms. The minimum absolute atomic E-state index is 0.479. The number of hydrogen-bond donors (Lipinski definition) is 2. The van der Waals surface area contributed by atoms with Crippen LogP contribution in [0, 0.1) is 0 Å². The first kappa shape index (κ1) is 12.1. The van der Waals surface area contributed by atoms with Gasteiger partial charge in [-0.2, -0.15) is 0 Å². The molecule has 1 fully saturated rings. The maximum absolute atomic E-state index is 5.49. The van der Waals surface area contributed by atoms with Crippen LogP contribution in [0.3, 0.4) is 0 Å². The van der Waals surface area contributed by atoms with E-state index in [1.165, 1.54) is 17.7 Å². The SMILES string of the molecule is Brc1ccc(CNc2nnc(CNC3CC3)o2)s1. The van der Waals surface area contributed by atoms with Crippen molar-refractivity contribution in [3.63, 3.8) is 0 Å². The number of aromatic nitrogens is 2. The van der Waals surface area contributed by atoms with Gasteiger partial charge in [0.1, 0.15) is 0 Å². The van der Waals surface area contributed by atoms with Crippen LogP contribution in [-0.2, 0) is 13.1 Å². The number of halogens is 1. The molecule has 1 aliphatic rings. The third kappa shape index (κ3) is 3.30. The van der Waals surface area contributed by atoms with Gasteiger partial charge in [-0.1, -0.05) is 5.10 Å². The molecule has 0 saturated heterocycles. The van der Waals surface area contributed by atoms with E-state index in [1.54, 1.807) is 11.3 Å². The van der Waals surface area contributed by atoms with Crippen molar-refractivity contribution in [3.8, 4) is 0 Å². The maximum Gasteiger partial charge on any atom is 0.315 e. The highest BCUT2D eigenvalue weighted by molar-refractivity contribution is 9.11. The fourth-order valence-electron chi connectivity index (χ4n) is 1.53. The molecule has 3 rings (SSSR count). The molecule has 1 aliphatic carbocycles. The second-order valence-corrected chi connectivity index (χ2v) is 6.76. The van der Waals surface area contributed by atoms with E-state index in [2.05, 4.69) is 42.8 Å². The summed E-state index contributed by atoms with van der Waals surface area (Å²) < 4.78 is 6.61. The number of nitrogens with zero attached hydrogens (tertiary/aromatic N) is 2. The zero-order valence-corrected chi connectivity index (χ0v) is 12.1. The molecule has 2 N–H and O–H groups in total. The molecule has 0 spiro atoms. The Morgan fingerprint density at radius 2 is 2.22 bits per heavy atom. The molecule has 0 amide bonds. The van der Waals surface area contributed by atoms with Gasteiger partial charge in [0.2, 0.25) is 5.89 Å². The van der Waals surface area contributed by atoms with Crippen molar-refractivity contribution in [2.45, 2.75) is 32.0 Å². The van der Waals surface area contributed by atoms with Gasteiger partial charge in [0, 0.05) is 10.9 Å². The fraction of sp³-hybridized carbons (Fsp3) is 0.455. The van der Waals surface area contributed by atoms with E-state index in [-0.39, 0.29) is 0 Å². The third-order valence-electron chi connectivity index (χ3n) is 2.63. The standard InChI is InChI=1S/C11H13BrN4OS/c12-9-4-3-8(18-9)5-14-11-16-15-10(17-11)6-13-7-1-2-7/h3-4,7,13H,1-2,5-6H2,(H,14,16). The molecule has 0 atom stereocenters. The Morgan fingerprint density at radius 3 is 2.94 bits per heavy atom. The third-order valence-corrected chi connectivity index (χ3v) is 4.25. The van der Waals surface area contributed by atoms with Gasteiger partial charge in [0.15, 0.2) is 0 Å². The molecule has 0 radical (unpaired) electrons. The van der Waals surface area contributed by atoms with Gasteiger partial charge in [-0.15, -0.1) is 16.4 Å². The highest BCUT2D eigenvalue weighted by Gasteiger charge is 2.21. The molecule has 0 unspecified atom stereocenters. The van der Waals surface area contributed by atoms with Gasteiger partial charge in [0.25, 0.3) is 0 Å². The summed E-state index contributed by atoms with van der Waals surface area (Å²) in [6, 6.07) is 5.22. The minimum atomic E-state index is 0.479. The number of rotatable bonds is 6. The summed E-state index contributed by atoms with van der Waals surface area (Å²) in [4.78, 5) is 1.22. The van der Waals surface area contributed by atoms with Crippen LogP contribution in [0.15, 0.2) is 20.3 Å². The van der Waals surface area contributed by atoms with Crippen LogP contribution in [0.25, 0.3) is 0 Å². The number of thiophene rings is 1. The molecule has 0 bridgehead atoms. The molecule has 96 valence electrons. The van der Waals surface area contributed by atoms with Crippen molar-refractivity contribution >= 4 is 33.3 Å². The Bertz CT molecular complexity index is 523.